The van der Waals surface area contributed by atoms with Gasteiger partial charge in [-0.2, -0.15) is 9.97 Å². The highest BCUT2D eigenvalue weighted by Crippen LogP contribution is 2.42. The molecule has 0 bridgehead atoms. The van der Waals surface area contributed by atoms with Crippen LogP contribution in [0, 0.1) is 5.82 Å². The van der Waals surface area contributed by atoms with Gasteiger partial charge in [-0.15, -0.1) is 0 Å². The lowest BCUT2D eigenvalue weighted by Crippen LogP contribution is -2.68. The number of carbonyl (C=O) groups is 2. The number of fused-ring (bicyclic) bond motifs is 1. The van der Waals surface area contributed by atoms with E-state index in [-0.39, 0.29) is 46.7 Å². The molecule has 4 rings (SSSR count). The molecule has 2 amide bonds. The van der Waals surface area contributed by atoms with E-state index in [0.717, 1.165) is 0 Å². The lowest BCUT2D eigenvalue weighted by molar-refractivity contribution is -0.118. The molecule has 0 saturated heterocycles. The summed E-state index contributed by atoms with van der Waals surface area (Å²) in [6.07, 6.45) is -0.0836. The predicted molar refractivity (Wildman–Crippen MR) is 133 cm³/mol. The molecule has 0 fully saturated rings. The molecule has 1 aromatic heterocycles. The van der Waals surface area contributed by atoms with Crippen molar-refractivity contribution in [1.82, 2.24) is 9.97 Å². The molecular formula is C23H24ClFN8O2. The van der Waals surface area contributed by atoms with Gasteiger partial charge in [0.15, 0.2) is 5.82 Å². The molecule has 2 heterocycles. The summed E-state index contributed by atoms with van der Waals surface area (Å²) in [7, 11) is 0. The fourth-order valence-electron chi connectivity index (χ4n) is 4.24. The summed E-state index contributed by atoms with van der Waals surface area (Å²) in [4.78, 5) is 35.1. The molecule has 0 radical (unpaired) electrons. The smallest absolute Gasteiger partial charge is 0.262 e. The van der Waals surface area contributed by atoms with Gasteiger partial charge in [0.1, 0.15) is 22.3 Å². The molecule has 1 unspecified atom stereocenters. The van der Waals surface area contributed by atoms with Gasteiger partial charge < -0.3 is 27.8 Å². The van der Waals surface area contributed by atoms with Crippen molar-refractivity contribution in [2.24, 2.45) is 5.73 Å². The number of amides is 2. The maximum atomic E-state index is 15.0. The highest BCUT2D eigenvalue weighted by molar-refractivity contribution is 6.35. The number of hydrogen-bond acceptors (Lipinski definition) is 8. The lowest BCUT2D eigenvalue weighted by atomic mass is 9.87. The number of para-hydroxylation sites is 2. The zero-order chi connectivity index (χ0) is 25.3. The van der Waals surface area contributed by atoms with E-state index in [0.29, 0.717) is 5.69 Å². The highest BCUT2D eigenvalue weighted by Gasteiger charge is 2.50. The maximum Gasteiger partial charge on any atom is 0.262 e. The first-order valence-electron chi connectivity index (χ1n) is 10.7. The number of nitrogen functional groups attached to an aromatic ring is 2. The topological polar surface area (TPSA) is 165 Å². The Morgan fingerprint density at radius 1 is 1.20 bits per heavy atom. The van der Waals surface area contributed by atoms with Gasteiger partial charge in [0.25, 0.3) is 5.91 Å². The summed E-state index contributed by atoms with van der Waals surface area (Å²) in [6.45, 7) is 1.73. The minimum Gasteiger partial charge on any atom is -0.382 e. The Labute approximate surface area is 205 Å². The minimum absolute atomic E-state index is 0.00983. The van der Waals surface area contributed by atoms with E-state index >= 15 is 0 Å². The predicted octanol–water partition coefficient (Wildman–Crippen LogP) is 2.97. The Morgan fingerprint density at radius 3 is 2.60 bits per heavy atom. The van der Waals surface area contributed by atoms with E-state index in [9.17, 15) is 14.0 Å². The third-order valence-corrected chi connectivity index (χ3v) is 6.29. The number of nitrogens with zero attached hydrogens (tertiary/aromatic N) is 3. The molecule has 10 nitrogen and oxygen atoms in total. The van der Waals surface area contributed by atoms with Crippen LogP contribution in [0.4, 0.5) is 33.3 Å². The first-order chi connectivity index (χ1) is 16.6. The SMILES string of the molecule is CC(Nc1nc(N)nc(N)c1Cl)[C@@]1(CCC(N)=O)Nc2c(F)cccc2C(=O)N1c1ccccc1. The standard InChI is InChI=1S/C23H24ClFN8O2/c1-12(29-20-17(24)19(27)30-22(28)31-20)23(11-10-16(26)34)32-18-14(8-5-9-15(18)25)21(35)33(23)13-6-3-2-4-7-13/h2-9,12,32H,10-11H2,1H3,(H2,26,34)(H5,27,28,29,30,31)/t12?,23-/m0/s1. The van der Waals surface area contributed by atoms with E-state index in [4.69, 9.17) is 28.8 Å². The number of primary amides is 1. The van der Waals surface area contributed by atoms with Gasteiger partial charge in [0.05, 0.1) is 17.3 Å². The van der Waals surface area contributed by atoms with Crippen LogP contribution in [-0.4, -0.2) is 33.5 Å². The highest BCUT2D eigenvalue weighted by atomic mass is 35.5. The summed E-state index contributed by atoms with van der Waals surface area (Å²) in [5, 5.41) is 6.34. The second kappa shape index (κ2) is 9.26. The van der Waals surface area contributed by atoms with E-state index < -0.39 is 29.3 Å². The van der Waals surface area contributed by atoms with Crippen molar-refractivity contribution in [1.29, 1.82) is 0 Å². The summed E-state index contributed by atoms with van der Waals surface area (Å²) in [5.41, 5.74) is 16.4. The monoisotopic (exact) mass is 498 g/mol. The van der Waals surface area contributed by atoms with Gasteiger partial charge in [0.2, 0.25) is 11.9 Å². The molecule has 1 aliphatic heterocycles. The number of benzene rings is 2. The second-order valence-electron chi connectivity index (χ2n) is 8.15. The Kier molecular flexibility index (Phi) is 6.35. The zero-order valence-corrected chi connectivity index (χ0v) is 19.5. The van der Waals surface area contributed by atoms with Gasteiger partial charge in [-0.25, -0.2) is 4.39 Å². The van der Waals surface area contributed by atoms with E-state index in [1.165, 1.54) is 23.1 Å². The Hall–Kier alpha value is -4.12. The van der Waals surface area contributed by atoms with Crippen molar-refractivity contribution in [3.05, 3.63) is 64.9 Å². The largest absolute Gasteiger partial charge is 0.382 e. The molecule has 12 heteroatoms. The normalized spacial score (nSPS) is 17.9. The number of rotatable bonds is 7. The quantitative estimate of drug-likeness (QED) is 0.331. The van der Waals surface area contributed by atoms with E-state index in [1.54, 1.807) is 37.3 Å². The van der Waals surface area contributed by atoms with Crippen LogP contribution in [0.25, 0.3) is 0 Å². The first kappa shape index (κ1) is 24.0. The molecule has 2 atom stereocenters. The third kappa shape index (κ3) is 4.37. The summed E-state index contributed by atoms with van der Waals surface area (Å²) in [5.74, 6) is -1.71. The number of anilines is 5. The second-order valence-corrected chi connectivity index (χ2v) is 8.53. The Bertz CT molecular complexity index is 1290. The summed E-state index contributed by atoms with van der Waals surface area (Å²) in [6, 6.07) is 12.3. The number of carbonyl (C=O) groups excluding carboxylic acids is 2. The molecular weight excluding hydrogens is 475 g/mol. The average Bonchev–Trinajstić information content (AvgIpc) is 2.82. The fourth-order valence-corrected chi connectivity index (χ4v) is 4.38. The average molecular weight is 499 g/mol. The molecule has 0 aliphatic carbocycles. The molecule has 0 saturated carbocycles. The van der Waals surface area contributed by atoms with Crippen molar-refractivity contribution in [3.8, 4) is 0 Å². The zero-order valence-electron chi connectivity index (χ0n) is 18.8. The maximum absolute atomic E-state index is 15.0. The van der Waals surface area contributed by atoms with Crippen LogP contribution in [0.15, 0.2) is 48.5 Å². The van der Waals surface area contributed by atoms with Gasteiger partial charge in [-0.3, -0.25) is 14.5 Å². The third-order valence-electron chi connectivity index (χ3n) is 5.92. The van der Waals surface area contributed by atoms with Crippen LogP contribution < -0.4 is 32.7 Å². The number of halogens is 2. The van der Waals surface area contributed by atoms with E-state index in [2.05, 4.69) is 20.6 Å². The summed E-state index contributed by atoms with van der Waals surface area (Å²) < 4.78 is 15.0. The van der Waals surface area contributed by atoms with Crippen molar-refractivity contribution in [2.75, 3.05) is 27.0 Å². The number of aromatic nitrogens is 2. The Morgan fingerprint density at radius 2 is 1.91 bits per heavy atom. The van der Waals surface area contributed by atoms with Gasteiger partial charge in [0, 0.05) is 18.5 Å². The molecule has 2 aromatic carbocycles. The van der Waals surface area contributed by atoms with E-state index in [1.807, 2.05) is 0 Å². The molecule has 1 aliphatic rings. The fraction of sp³-hybridized carbons (Fsp3) is 0.217. The summed E-state index contributed by atoms with van der Waals surface area (Å²) >= 11 is 6.31. The number of nitrogens with one attached hydrogen (secondary N) is 2. The van der Waals surface area contributed by atoms with Crippen molar-refractivity contribution in [3.63, 3.8) is 0 Å². The van der Waals surface area contributed by atoms with Gasteiger partial charge in [-0.05, 0) is 31.2 Å². The van der Waals surface area contributed by atoms with Crippen molar-refractivity contribution >= 4 is 52.4 Å². The first-order valence-corrected chi connectivity index (χ1v) is 11.1. The molecule has 182 valence electrons. The van der Waals surface area contributed by atoms with Crippen LogP contribution in [0.5, 0.6) is 0 Å². The van der Waals surface area contributed by atoms with Crippen molar-refractivity contribution in [2.45, 2.75) is 31.5 Å². The molecule has 0 spiro atoms. The van der Waals surface area contributed by atoms with Crippen LogP contribution in [0.2, 0.25) is 5.02 Å². The van der Waals surface area contributed by atoms with Gasteiger partial charge >= 0.3 is 0 Å². The number of hydrogen-bond donors (Lipinski definition) is 5. The molecule has 3 aromatic rings. The van der Waals surface area contributed by atoms with Crippen LogP contribution in [-0.2, 0) is 4.79 Å². The molecule has 8 N–H and O–H groups in total. The minimum atomic E-state index is -1.39. The van der Waals surface area contributed by atoms with Gasteiger partial charge in [-0.1, -0.05) is 35.9 Å². The van der Waals surface area contributed by atoms with Crippen LogP contribution in [0.1, 0.15) is 30.1 Å². The van der Waals surface area contributed by atoms with Crippen LogP contribution in [0.3, 0.4) is 0 Å². The molecule has 35 heavy (non-hydrogen) atoms. The number of nitrogens with two attached hydrogens (primary N) is 3. The Balaban J connectivity index is 1.91. The van der Waals surface area contributed by atoms with Crippen LogP contribution >= 0.6 is 11.6 Å². The van der Waals surface area contributed by atoms with Crippen molar-refractivity contribution < 1.29 is 14.0 Å². The lowest BCUT2D eigenvalue weighted by Gasteiger charge is -2.51.